The number of rotatable bonds is 54. The third-order valence-corrected chi connectivity index (χ3v) is 18.5. The largest absolute Gasteiger partial charge is 0.445 e. The average Bonchev–Trinajstić information content (AvgIpc) is 1.64. The summed E-state index contributed by atoms with van der Waals surface area (Å²) in [6, 6.07) is 25.5. The van der Waals surface area contributed by atoms with Crippen molar-refractivity contribution in [3.63, 3.8) is 0 Å². The molecule has 0 unspecified atom stereocenters. The molecule has 42 heteroatoms. The second-order valence-electron chi connectivity index (χ2n) is 29.2. The zero-order chi connectivity index (χ0) is 91.4. The van der Waals surface area contributed by atoms with E-state index in [2.05, 4.69) is 71.8 Å². The number of nitrogen functional groups attached to an aromatic ring is 2. The zero-order valence-corrected chi connectivity index (χ0v) is 72.7. The first-order valence-corrected chi connectivity index (χ1v) is 41.3. The van der Waals surface area contributed by atoms with Gasteiger partial charge in [0.15, 0.2) is 22.9 Å². The third kappa shape index (κ3) is 35.8. The highest BCUT2D eigenvalue weighted by Crippen LogP contribution is 2.25. The van der Waals surface area contributed by atoms with Gasteiger partial charge in [-0.2, -0.15) is 0 Å². The van der Waals surface area contributed by atoms with E-state index in [4.69, 9.17) is 69.3 Å². The molecule has 0 bridgehead atoms. The fraction of sp³-hybridized carbons (Fsp3) is 0.459. The lowest BCUT2D eigenvalue weighted by molar-refractivity contribution is -0.132. The number of hydrogen-bond donors (Lipinski definition) is 11. The Morgan fingerprint density at radius 3 is 1.32 bits per heavy atom. The van der Waals surface area contributed by atoms with Crippen LogP contribution in [0.3, 0.4) is 0 Å². The highest BCUT2D eigenvalue weighted by molar-refractivity contribution is 5.98. The number of urea groups is 1. The molecule has 3 aromatic carbocycles. The normalized spacial score (nSPS) is 11.6. The first kappa shape index (κ1) is 99.3. The fourth-order valence-corrected chi connectivity index (χ4v) is 12.0. The van der Waals surface area contributed by atoms with Crippen LogP contribution in [-0.2, 0) is 104 Å². The van der Waals surface area contributed by atoms with E-state index in [0.29, 0.717) is 180 Å². The number of carbonyl (C=O) groups is 8. The van der Waals surface area contributed by atoms with E-state index in [1.54, 1.807) is 114 Å². The molecule has 9 amide bonds. The van der Waals surface area contributed by atoms with Crippen LogP contribution in [-0.4, -0.2) is 258 Å². The van der Waals surface area contributed by atoms with Crippen LogP contribution in [0.2, 0.25) is 0 Å². The molecule has 0 aliphatic heterocycles. The monoisotopic (exact) mass is 1770 g/mol. The number of primary amides is 1. The molecule has 0 aliphatic rings. The number of ether oxygens (including phenoxy) is 11. The number of amides is 9. The van der Waals surface area contributed by atoms with Crippen molar-refractivity contribution in [2.75, 3.05) is 156 Å². The number of aryl methyl sites for hydroxylation is 2. The molecule has 0 radical (unpaired) electrons. The molecule has 14 N–H and O–H groups in total. The summed E-state index contributed by atoms with van der Waals surface area (Å²) in [6.07, 6.45) is 3.35. The van der Waals surface area contributed by atoms with Gasteiger partial charge < -0.3 is 121 Å². The van der Waals surface area contributed by atoms with Crippen molar-refractivity contribution in [2.45, 2.75) is 112 Å². The van der Waals surface area contributed by atoms with E-state index in [1.807, 2.05) is 42.5 Å². The Kier molecular flexibility index (Phi) is 41.7. The van der Waals surface area contributed by atoms with E-state index in [1.165, 1.54) is 27.9 Å². The Morgan fingerprint density at radius 1 is 0.480 bits per heavy atom. The number of aromatic nitrogens is 10. The number of H-pyrrole nitrogens is 2. The Morgan fingerprint density at radius 2 is 0.898 bits per heavy atom. The second-order valence-corrected chi connectivity index (χ2v) is 29.2. The average molecular weight is 1770 g/mol. The molecule has 0 spiro atoms. The van der Waals surface area contributed by atoms with Gasteiger partial charge in [-0.1, -0.05) is 62.4 Å². The van der Waals surface area contributed by atoms with Crippen LogP contribution in [0.4, 0.5) is 26.9 Å². The van der Waals surface area contributed by atoms with E-state index >= 15 is 0 Å². The van der Waals surface area contributed by atoms with Crippen LogP contribution < -0.4 is 70.0 Å². The van der Waals surface area contributed by atoms with E-state index in [-0.39, 0.29) is 119 Å². The molecule has 6 heterocycles. The lowest BCUT2D eigenvalue weighted by Gasteiger charge is -2.25. The molecule has 42 nitrogen and oxygen atoms in total. The van der Waals surface area contributed by atoms with Gasteiger partial charge in [-0.25, -0.2) is 49.1 Å². The van der Waals surface area contributed by atoms with Gasteiger partial charge in [-0.05, 0) is 96.8 Å². The van der Waals surface area contributed by atoms with Crippen LogP contribution in [0.5, 0.6) is 23.3 Å². The molecule has 0 saturated carbocycles. The summed E-state index contributed by atoms with van der Waals surface area (Å²) in [5, 5.41) is 16.1. The molecule has 6 aromatic heterocycles. The molecule has 0 aliphatic carbocycles. The summed E-state index contributed by atoms with van der Waals surface area (Å²) in [5.41, 5.74) is 22.4. The predicted molar refractivity (Wildman–Crippen MR) is 466 cm³/mol. The number of imidazole rings is 2. The minimum Gasteiger partial charge on any atom is -0.445 e. The van der Waals surface area contributed by atoms with E-state index < -0.39 is 41.9 Å². The van der Waals surface area contributed by atoms with Gasteiger partial charge in [-0.3, -0.25) is 37.9 Å². The van der Waals surface area contributed by atoms with Gasteiger partial charge in [0.2, 0.25) is 47.2 Å². The predicted octanol–water partition coefficient (Wildman–Crippen LogP) is 4.42. The molecular weight excluding hydrogens is 1650 g/mol. The molecule has 0 fully saturated rings. The summed E-state index contributed by atoms with van der Waals surface area (Å²) < 4.78 is 63.8. The van der Waals surface area contributed by atoms with Crippen LogP contribution in [0.15, 0.2) is 119 Å². The van der Waals surface area contributed by atoms with Crippen molar-refractivity contribution < 1.29 is 90.5 Å². The third-order valence-electron chi connectivity index (χ3n) is 18.5. The van der Waals surface area contributed by atoms with Gasteiger partial charge in [-0.15, -0.1) is 0 Å². The molecule has 9 aromatic rings. The van der Waals surface area contributed by atoms with Gasteiger partial charge in [0.1, 0.15) is 52.9 Å². The minimum atomic E-state index is -1.05. The second kappa shape index (κ2) is 53.3. The number of pyridine rings is 2. The number of nitrogens with one attached hydrogen (secondary N) is 8. The molecule has 9 rings (SSSR count). The maximum absolute atomic E-state index is 13.6. The number of aromatic amines is 2. The molecule has 2 atom stereocenters. The number of nitrogens with zero attached hydrogens (tertiary/aromatic N) is 10. The van der Waals surface area contributed by atoms with E-state index in [0.717, 1.165) is 22.3 Å². The van der Waals surface area contributed by atoms with Crippen molar-refractivity contribution in [3.05, 3.63) is 170 Å². The van der Waals surface area contributed by atoms with Crippen molar-refractivity contribution in [1.82, 2.24) is 85.4 Å². The summed E-state index contributed by atoms with van der Waals surface area (Å²) in [6.45, 7) is 17.9. The summed E-state index contributed by atoms with van der Waals surface area (Å²) in [4.78, 5) is 158. The highest BCUT2D eigenvalue weighted by Gasteiger charge is 2.30. The quantitative estimate of drug-likeness (QED) is 0.0235. The van der Waals surface area contributed by atoms with Gasteiger partial charge in [0, 0.05) is 97.3 Å². The van der Waals surface area contributed by atoms with Crippen LogP contribution in [0.25, 0.3) is 22.3 Å². The number of fused-ring (bicyclic) bond motifs is 2. The van der Waals surface area contributed by atoms with Crippen LogP contribution in [0.1, 0.15) is 92.8 Å². The summed E-state index contributed by atoms with van der Waals surface area (Å²) in [7, 11) is 3.36. The van der Waals surface area contributed by atoms with Crippen LogP contribution in [0, 0.1) is 19.8 Å². The number of nitrogens with two attached hydrogens (primary N) is 3. The first-order valence-electron chi connectivity index (χ1n) is 41.3. The van der Waals surface area contributed by atoms with Crippen molar-refractivity contribution in [2.24, 2.45) is 11.7 Å². The van der Waals surface area contributed by atoms with Crippen molar-refractivity contribution in [1.29, 1.82) is 0 Å². The Balaban J connectivity index is 0.000000348. The standard InChI is InChI=1S/C52H71N13O13.C33H44N8O8/c1-33(2)44(62-42(67)18-21-73-23-25-75-27-28-76-26-24-74-22-20-55-35(4)66)49(69)61-41(7-6-19-56-50(54)70)48(68)60-39-13-8-37(9-14-39)32-77-52(72)64(5)30-36-10-15-40(16-11-36)78-43-17-12-38(29-57-43)31-65-47-45(63-51(65)71)46(53)58-34(3)59-47;1-23-37-31(34)30-32(38-23)41(33(44)39-30)22-26-6-9-28(36-20-26)49-27-7-4-25(5-8-27)21-40(3)29(43)10-12-45-14-16-47-18-19-48-17-15-46-13-11-35-24(2)42/h8-17,29,33,41,44H,6-7,18-28,30-32H2,1-5H3,(H,55,66)(H,60,68)(H,61,69)(H,62,67)(H,63,71)(H2,53,58,59)(H3,54,56,70);4-9,20H,10-19,21-22H2,1-3H3,(H,35,42)(H,39,44)(H2,34,37,38)/t41-,44-;/m0./s1. The SMILES string of the molecule is CC(=O)NCCOCCOCCOCCOCCC(=O)N(C)Cc1ccc(Oc2ccc(Cn3c(=O)[nH]c4c(N)nc(C)nc43)cn2)cc1.CC(=O)NCCOCCOCCOCCOCCC(=O)N[C@H](C(=O)N[C@@H](CCCNC(N)=O)C(=O)Nc1ccc(COC(=O)N(C)Cc2ccc(Oc3ccc(Cn4c(=O)[nH]c5c(N)nc(C)nc54)cn3)cc2)cc1)C(C)C. The number of anilines is 3. The number of carbonyl (C=O) groups excluding carboxylic acids is 8. The Bertz CT molecular complexity index is 5090. The van der Waals surface area contributed by atoms with Gasteiger partial charge in [0.25, 0.3) is 0 Å². The zero-order valence-electron chi connectivity index (χ0n) is 72.7. The summed E-state index contributed by atoms with van der Waals surface area (Å²) >= 11 is 0. The number of hydrogen-bond acceptors (Lipinski definition) is 29. The molecule has 127 heavy (non-hydrogen) atoms. The van der Waals surface area contributed by atoms with Crippen LogP contribution >= 0.6 is 0 Å². The topological polar surface area (TPSA) is 548 Å². The fourth-order valence-electron chi connectivity index (χ4n) is 12.0. The molecular formula is C85H115N21O21. The smallest absolute Gasteiger partial charge is 0.410 e. The minimum absolute atomic E-state index is 0.0184. The van der Waals surface area contributed by atoms with Gasteiger partial charge >= 0.3 is 23.5 Å². The highest BCUT2D eigenvalue weighted by atomic mass is 16.6. The van der Waals surface area contributed by atoms with E-state index in [9.17, 15) is 47.9 Å². The lowest BCUT2D eigenvalue weighted by Crippen LogP contribution is -2.54. The Hall–Kier alpha value is -13.1. The Labute approximate surface area is 733 Å². The number of benzene rings is 3. The first-order chi connectivity index (χ1) is 61.1. The van der Waals surface area contributed by atoms with Gasteiger partial charge in [0.05, 0.1) is 125 Å². The lowest BCUT2D eigenvalue weighted by atomic mass is 10.0. The molecule has 686 valence electrons. The maximum Gasteiger partial charge on any atom is 0.410 e. The molecule has 0 saturated heterocycles. The maximum atomic E-state index is 13.6. The summed E-state index contributed by atoms with van der Waals surface area (Å²) in [5.74, 6) is 1.11. The van der Waals surface area contributed by atoms with Crippen molar-refractivity contribution >= 4 is 87.2 Å². The van der Waals surface area contributed by atoms with Crippen molar-refractivity contribution in [3.8, 4) is 23.3 Å².